The Morgan fingerprint density at radius 3 is 2.70 bits per heavy atom. The molecule has 1 aromatic carbocycles. The minimum atomic E-state index is -0.520. The molecule has 3 rings (SSSR count). The second kappa shape index (κ2) is 7.58. The molecule has 1 atom stereocenters. The van der Waals surface area contributed by atoms with Gasteiger partial charge in [-0.15, -0.1) is 0 Å². The molecule has 0 saturated carbocycles. The van der Waals surface area contributed by atoms with Crippen LogP contribution in [0.1, 0.15) is 45.1 Å². The fourth-order valence-electron chi connectivity index (χ4n) is 3.49. The summed E-state index contributed by atoms with van der Waals surface area (Å²) in [5.41, 5.74) is 1.44. The molecule has 2 aliphatic rings. The van der Waals surface area contributed by atoms with Crippen molar-refractivity contribution in [3.8, 4) is 6.07 Å². The number of nitriles is 1. The molecule has 0 spiro atoms. The summed E-state index contributed by atoms with van der Waals surface area (Å²) in [5, 5.41) is 10.4. The van der Waals surface area contributed by atoms with Gasteiger partial charge in [0, 0.05) is 23.4 Å². The molecule has 1 aromatic rings. The molecular weight excluding hydrogens is 364 g/mol. The number of benzene rings is 1. The maximum Gasteiger partial charge on any atom is 0.236 e. The Morgan fingerprint density at radius 1 is 1.37 bits per heavy atom. The Bertz CT molecular complexity index is 889. The lowest BCUT2D eigenvalue weighted by atomic mass is 9.70. The molecule has 1 aliphatic carbocycles. The minimum absolute atomic E-state index is 0.00166. The largest absolute Gasteiger partial charge is 0.483 e. The van der Waals surface area contributed by atoms with E-state index in [-0.39, 0.29) is 17.1 Å². The number of carbonyl (C=O) groups is 1. The average molecular weight is 385 g/mol. The molecule has 27 heavy (non-hydrogen) atoms. The van der Waals surface area contributed by atoms with E-state index in [1.807, 2.05) is 32.9 Å². The number of aliphatic imine (C=N–C) groups is 1. The van der Waals surface area contributed by atoms with Gasteiger partial charge in [-0.05, 0) is 30.0 Å². The third-order valence-electron chi connectivity index (χ3n) is 4.64. The van der Waals surface area contributed by atoms with Crippen LogP contribution in [0.25, 0.3) is 0 Å². The van der Waals surface area contributed by atoms with Gasteiger partial charge in [0.1, 0.15) is 17.4 Å². The maximum absolute atomic E-state index is 13.0. The number of halogens is 1. The lowest BCUT2D eigenvalue weighted by molar-refractivity contribution is -0.119. The Balaban J connectivity index is 2.16. The molecule has 0 fully saturated rings. The molecule has 1 heterocycles. The van der Waals surface area contributed by atoms with Crippen molar-refractivity contribution in [2.75, 3.05) is 6.61 Å². The summed E-state index contributed by atoms with van der Waals surface area (Å²) in [6.45, 7) is 6.36. The first-order chi connectivity index (χ1) is 12.9. The van der Waals surface area contributed by atoms with Gasteiger partial charge < -0.3 is 9.47 Å². The fourth-order valence-corrected chi connectivity index (χ4v) is 3.61. The van der Waals surface area contributed by atoms with Gasteiger partial charge in [0.05, 0.1) is 12.5 Å². The van der Waals surface area contributed by atoms with Crippen molar-refractivity contribution < 1.29 is 14.3 Å². The third-order valence-corrected chi connectivity index (χ3v) is 4.89. The number of rotatable bonds is 4. The molecule has 6 heteroatoms. The normalized spacial score (nSPS) is 21.7. The van der Waals surface area contributed by atoms with E-state index in [0.717, 1.165) is 5.56 Å². The van der Waals surface area contributed by atoms with Gasteiger partial charge in [-0.2, -0.15) is 10.3 Å². The summed E-state index contributed by atoms with van der Waals surface area (Å²) in [6.07, 6.45) is 2.28. The van der Waals surface area contributed by atoms with Crippen LogP contribution < -0.4 is 0 Å². The fraction of sp³-hybridized carbons (Fsp3) is 0.381. The van der Waals surface area contributed by atoms with Crippen LogP contribution in [0.4, 0.5) is 0 Å². The highest BCUT2D eigenvalue weighted by Gasteiger charge is 2.43. The van der Waals surface area contributed by atoms with E-state index in [1.54, 1.807) is 12.1 Å². The van der Waals surface area contributed by atoms with Crippen molar-refractivity contribution in [3.63, 3.8) is 0 Å². The Hall–Kier alpha value is -2.58. The van der Waals surface area contributed by atoms with Crippen LogP contribution in [-0.2, 0) is 14.3 Å². The van der Waals surface area contributed by atoms with E-state index in [2.05, 4.69) is 11.1 Å². The molecule has 0 radical (unpaired) electrons. The van der Waals surface area contributed by atoms with Crippen LogP contribution in [0, 0.1) is 16.7 Å². The van der Waals surface area contributed by atoms with Crippen LogP contribution in [0.15, 0.2) is 52.0 Å². The van der Waals surface area contributed by atoms with Crippen LogP contribution in [0.5, 0.6) is 0 Å². The van der Waals surface area contributed by atoms with E-state index in [4.69, 9.17) is 21.1 Å². The van der Waals surface area contributed by atoms with Crippen LogP contribution >= 0.6 is 11.6 Å². The van der Waals surface area contributed by atoms with Crippen molar-refractivity contribution >= 4 is 23.8 Å². The summed E-state index contributed by atoms with van der Waals surface area (Å²) in [7, 11) is 0. The molecule has 0 unspecified atom stereocenters. The van der Waals surface area contributed by atoms with E-state index in [1.165, 1.54) is 6.40 Å². The first kappa shape index (κ1) is 19.2. The number of carbonyl (C=O) groups excluding carboxylic acids is 1. The summed E-state index contributed by atoms with van der Waals surface area (Å²) >= 11 is 6.02. The zero-order chi connectivity index (χ0) is 19.6. The predicted molar refractivity (Wildman–Crippen MR) is 103 cm³/mol. The van der Waals surface area contributed by atoms with Crippen LogP contribution in [-0.4, -0.2) is 18.8 Å². The van der Waals surface area contributed by atoms with Gasteiger partial charge in [-0.3, -0.25) is 4.79 Å². The third kappa shape index (κ3) is 3.91. The summed E-state index contributed by atoms with van der Waals surface area (Å²) in [4.78, 5) is 17.2. The zero-order valence-corrected chi connectivity index (χ0v) is 16.3. The number of nitrogens with zero attached hydrogens (tertiary/aromatic N) is 2. The van der Waals surface area contributed by atoms with Crippen molar-refractivity contribution in [2.45, 2.75) is 39.5 Å². The summed E-state index contributed by atoms with van der Waals surface area (Å²) in [6, 6.07) is 9.35. The molecule has 140 valence electrons. The molecule has 0 bridgehead atoms. The van der Waals surface area contributed by atoms with Crippen LogP contribution in [0.3, 0.4) is 0 Å². The van der Waals surface area contributed by atoms with E-state index >= 15 is 0 Å². The van der Waals surface area contributed by atoms with E-state index < -0.39 is 5.92 Å². The van der Waals surface area contributed by atoms with Gasteiger partial charge in [0.2, 0.25) is 5.88 Å². The van der Waals surface area contributed by atoms with Gasteiger partial charge in [-0.25, -0.2) is 0 Å². The quantitative estimate of drug-likeness (QED) is 0.547. The van der Waals surface area contributed by atoms with Gasteiger partial charge in [-0.1, -0.05) is 37.6 Å². The summed E-state index contributed by atoms with van der Waals surface area (Å²) < 4.78 is 11.1. The second-order valence-corrected chi connectivity index (χ2v) is 7.82. The lowest BCUT2D eigenvalue weighted by Gasteiger charge is -2.37. The lowest BCUT2D eigenvalue weighted by Crippen LogP contribution is -2.32. The van der Waals surface area contributed by atoms with E-state index in [9.17, 15) is 10.1 Å². The molecule has 1 aliphatic heterocycles. The molecular formula is C21H21ClN2O3. The van der Waals surface area contributed by atoms with Crippen molar-refractivity contribution in [1.29, 1.82) is 5.26 Å². The van der Waals surface area contributed by atoms with Crippen LogP contribution in [0.2, 0.25) is 5.02 Å². The number of allylic oxidation sites excluding steroid dienone is 3. The number of ketones is 1. The minimum Gasteiger partial charge on any atom is -0.483 e. The Morgan fingerprint density at radius 2 is 2.07 bits per heavy atom. The molecule has 0 saturated heterocycles. The molecule has 0 N–H and O–H groups in total. The molecule has 0 amide bonds. The van der Waals surface area contributed by atoms with Gasteiger partial charge >= 0.3 is 0 Å². The topological polar surface area (TPSA) is 71.7 Å². The second-order valence-electron chi connectivity index (χ2n) is 7.38. The highest BCUT2D eigenvalue weighted by atomic mass is 35.5. The first-order valence-electron chi connectivity index (χ1n) is 8.84. The SMILES string of the molecule is CCOC=NC1=C(C#N)[C@H](c2ccc(Cl)cc2)C2=C(CC(C)(C)CC2=O)O1. The average Bonchev–Trinajstić information content (AvgIpc) is 2.60. The number of Topliss-reactive ketones (excluding diaryl/α,β-unsaturated/α-hetero) is 1. The van der Waals surface area contributed by atoms with E-state index in [0.29, 0.717) is 41.4 Å². The monoisotopic (exact) mass is 384 g/mol. The first-order valence-corrected chi connectivity index (χ1v) is 9.22. The Kier molecular flexibility index (Phi) is 5.38. The number of ether oxygens (including phenoxy) is 2. The molecule has 0 aromatic heterocycles. The van der Waals surface area contributed by atoms with Gasteiger partial charge in [0.15, 0.2) is 12.2 Å². The number of hydrogen-bond donors (Lipinski definition) is 0. The smallest absolute Gasteiger partial charge is 0.236 e. The summed E-state index contributed by atoms with van der Waals surface area (Å²) in [5.74, 6) is 0.240. The van der Waals surface area contributed by atoms with Crippen molar-refractivity contribution in [3.05, 3.63) is 57.6 Å². The molecule has 5 nitrogen and oxygen atoms in total. The number of hydrogen-bond acceptors (Lipinski definition) is 5. The zero-order valence-electron chi connectivity index (χ0n) is 15.6. The highest BCUT2D eigenvalue weighted by Crippen LogP contribution is 2.48. The van der Waals surface area contributed by atoms with Crippen molar-refractivity contribution in [1.82, 2.24) is 0 Å². The van der Waals surface area contributed by atoms with Crippen molar-refractivity contribution in [2.24, 2.45) is 10.4 Å². The van der Waals surface area contributed by atoms with Gasteiger partial charge in [0.25, 0.3) is 0 Å². The Labute approximate surface area is 163 Å². The predicted octanol–water partition coefficient (Wildman–Crippen LogP) is 4.90. The highest BCUT2D eigenvalue weighted by molar-refractivity contribution is 6.30. The maximum atomic E-state index is 13.0. The standard InChI is InChI=1S/C21H21ClN2O3/c1-4-26-12-24-20-15(11-23)18(13-5-7-14(22)8-6-13)19-16(25)9-21(2,3)10-17(19)27-20/h5-8,12,18H,4,9-10H2,1-3H3/t18-/m0/s1.